The Balaban J connectivity index is 2.05. The summed E-state index contributed by atoms with van der Waals surface area (Å²) in [5.74, 6) is 1.31. The van der Waals surface area contributed by atoms with Crippen LogP contribution < -0.4 is 10.1 Å². The quantitative estimate of drug-likeness (QED) is 0.891. The van der Waals surface area contributed by atoms with E-state index in [4.69, 9.17) is 4.74 Å². The maximum Gasteiger partial charge on any atom is 0.218 e. The van der Waals surface area contributed by atoms with E-state index in [1.54, 1.807) is 13.2 Å². The van der Waals surface area contributed by atoms with Crippen molar-refractivity contribution in [1.29, 1.82) is 0 Å². The second kappa shape index (κ2) is 5.65. The van der Waals surface area contributed by atoms with Crippen molar-refractivity contribution in [1.82, 2.24) is 15.0 Å². The van der Waals surface area contributed by atoms with Crippen molar-refractivity contribution in [3.05, 3.63) is 42.5 Å². The molecule has 0 aromatic carbocycles. The Kier molecular flexibility index (Phi) is 3.94. The summed E-state index contributed by atoms with van der Waals surface area (Å²) in [5.41, 5.74) is 1.22. The highest BCUT2D eigenvalue weighted by molar-refractivity contribution is 5.38. The predicted molar refractivity (Wildman–Crippen MR) is 74.3 cm³/mol. The molecule has 5 nitrogen and oxygen atoms in total. The van der Waals surface area contributed by atoms with Crippen LogP contribution in [0.4, 0.5) is 5.82 Å². The summed E-state index contributed by atoms with van der Waals surface area (Å²) < 4.78 is 5.07. The molecule has 0 atom stereocenters. The molecule has 0 saturated carbocycles. The van der Waals surface area contributed by atoms with E-state index in [-0.39, 0.29) is 5.41 Å². The van der Waals surface area contributed by atoms with E-state index in [0.717, 1.165) is 12.4 Å². The number of nitrogens with zero attached hydrogens (tertiary/aromatic N) is 3. The lowest BCUT2D eigenvalue weighted by Crippen LogP contribution is -2.27. The Bertz CT molecular complexity index is 528. The number of pyridine rings is 1. The van der Waals surface area contributed by atoms with Crippen LogP contribution in [0.1, 0.15) is 19.4 Å². The number of ether oxygens (including phenoxy) is 1. The third-order valence-corrected chi connectivity index (χ3v) is 3.02. The maximum atomic E-state index is 5.07. The van der Waals surface area contributed by atoms with Crippen molar-refractivity contribution in [3.8, 4) is 5.88 Å². The van der Waals surface area contributed by atoms with Crippen LogP contribution in [0.3, 0.4) is 0 Å². The first kappa shape index (κ1) is 13.3. The molecule has 19 heavy (non-hydrogen) atoms. The molecule has 0 saturated heterocycles. The van der Waals surface area contributed by atoms with Crippen LogP contribution in [0.2, 0.25) is 0 Å². The summed E-state index contributed by atoms with van der Waals surface area (Å²) in [6.45, 7) is 5.11. The standard InChI is InChI=1S/C14H18N4O/c1-14(2,11-4-6-15-7-5-11)9-16-12-8-13(19-3)18-10-17-12/h4-8,10H,9H2,1-3H3,(H,16,17,18). The van der Waals surface area contributed by atoms with Crippen LogP contribution in [0, 0.1) is 0 Å². The van der Waals surface area contributed by atoms with Crippen LogP contribution in [0.5, 0.6) is 5.88 Å². The summed E-state index contributed by atoms with van der Waals surface area (Å²) in [6.07, 6.45) is 5.11. The average molecular weight is 258 g/mol. The molecule has 0 aliphatic carbocycles. The first-order valence-corrected chi connectivity index (χ1v) is 6.12. The van der Waals surface area contributed by atoms with Gasteiger partial charge in [-0.1, -0.05) is 13.8 Å². The van der Waals surface area contributed by atoms with E-state index < -0.39 is 0 Å². The minimum Gasteiger partial charge on any atom is -0.481 e. The van der Waals surface area contributed by atoms with Gasteiger partial charge < -0.3 is 10.1 Å². The summed E-state index contributed by atoms with van der Waals surface area (Å²) >= 11 is 0. The SMILES string of the molecule is COc1cc(NCC(C)(C)c2ccncc2)ncn1. The summed E-state index contributed by atoms with van der Waals surface area (Å²) in [7, 11) is 1.59. The highest BCUT2D eigenvalue weighted by Gasteiger charge is 2.20. The molecule has 2 heterocycles. The first-order chi connectivity index (χ1) is 9.12. The zero-order valence-corrected chi connectivity index (χ0v) is 11.4. The first-order valence-electron chi connectivity index (χ1n) is 6.12. The van der Waals surface area contributed by atoms with E-state index in [1.165, 1.54) is 11.9 Å². The van der Waals surface area contributed by atoms with Gasteiger partial charge in [0.25, 0.3) is 0 Å². The number of rotatable bonds is 5. The molecule has 0 spiro atoms. The number of nitrogens with one attached hydrogen (secondary N) is 1. The van der Waals surface area contributed by atoms with Gasteiger partial charge in [-0.05, 0) is 17.7 Å². The Morgan fingerprint density at radius 3 is 2.63 bits per heavy atom. The zero-order valence-electron chi connectivity index (χ0n) is 11.4. The Hall–Kier alpha value is -2.17. The molecule has 0 aliphatic heterocycles. The summed E-state index contributed by atoms with van der Waals surface area (Å²) in [5, 5.41) is 3.31. The van der Waals surface area contributed by atoms with Gasteiger partial charge in [0.05, 0.1) is 7.11 Å². The van der Waals surface area contributed by atoms with E-state index in [9.17, 15) is 0 Å². The van der Waals surface area contributed by atoms with Crippen LogP contribution >= 0.6 is 0 Å². The number of anilines is 1. The monoisotopic (exact) mass is 258 g/mol. The molecule has 100 valence electrons. The molecular weight excluding hydrogens is 240 g/mol. The van der Waals surface area contributed by atoms with Crippen molar-refractivity contribution in [2.45, 2.75) is 19.3 Å². The van der Waals surface area contributed by atoms with Crippen LogP contribution in [-0.2, 0) is 5.41 Å². The fourth-order valence-corrected chi connectivity index (χ4v) is 1.76. The number of methoxy groups -OCH3 is 1. The molecule has 0 bridgehead atoms. The molecule has 5 heteroatoms. The molecule has 0 radical (unpaired) electrons. The van der Waals surface area contributed by atoms with Crippen LogP contribution in [0.15, 0.2) is 36.9 Å². The molecule has 0 amide bonds. The topological polar surface area (TPSA) is 59.9 Å². The van der Waals surface area contributed by atoms with Gasteiger partial charge in [-0.15, -0.1) is 0 Å². The summed E-state index contributed by atoms with van der Waals surface area (Å²) in [4.78, 5) is 12.2. The molecule has 2 aromatic heterocycles. The minimum atomic E-state index is -0.0128. The molecule has 2 aromatic rings. The van der Waals surface area contributed by atoms with E-state index >= 15 is 0 Å². The third kappa shape index (κ3) is 3.40. The maximum absolute atomic E-state index is 5.07. The molecule has 1 N–H and O–H groups in total. The van der Waals surface area contributed by atoms with Gasteiger partial charge in [0.2, 0.25) is 5.88 Å². The van der Waals surface area contributed by atoms with Crippen LogP contribution in [0.25, 0.3) is 0 Å². The van der Waals surface area contributed by atoms with Crippen LogP contribution in [-0.4, -0.2) is 28.6 Å². The second-order valence-electron chi connectivity index (χ2n) is 4.92. The van der Waals surface area contributed by atoms with E-state index in [2.05, 4.69) is 34.1 Å². The van der Waals surface area contributed by atoms with Gasteiger partial charge in [0, 0.05) is 30.4 Å². The van der Waals surface area contributed by atoms with Gasteiger partial charge >= 0.3 is 0 Å². The number of aromatic nitrogens is 3. The van der Waals surface area contributed by atoms with Gasteiger partial charge in [0.15, 0.2) is 0 Å². The predicted octanol–water partition coefficient (Wildman–Crippen LogP) is 2.27. The average Bonchev–Trinajstić information content (AvgIpc) is 2.46. The molecule has 0 aliphatic rings. The fraction of sp³-hybridized carbons (Fsp3) is 0.357. The van der Waals surface area contributed by atoms with Gasteiger partial charge in [-0.3, -0.25) is 4.98 Å². The second-order valence-corrected chi connectivity index (χ2v) is 4.92. The molecule has 2 rings (SSSR count). The molecule has 0 fully saturated rings. The van der Waals surface area contributed by atoms with Crippen molar-refractivity contribution >= 4 is 5.82 Å². The van der Waals surface area contributed by atoms with Crippen molar-refractivity contribution < 1.29 is 4.74 Å². The molecular formula is C14H18N4O. The summed E-state index contributed by atoms with van der Waals surface area (Å²) in [6, 6.07) is 5.84. The lowest BCUT2D eigenvalue weighted by molar-refractivity contribution is 0.397. The van der Waals surface area contributed by atoms with Gasteiger partial charge in [0.1, 0.15) is 12.1 Å². The Labute approximate surface area is 113 Å². The van der Waals surface area contributed by atoms with E-state index in [1.807, 2.05) is 24.5 Å². The highest BCUT2D eigenvalue weighted by Crippen LogP contribution is 2.23. The largest absolute Gasteiger partial charge is 0.481 e. The third-order valence-electron chi connectivity index (χ3n) is 3.02. The van der Waals surface area contributed by atoms with Crippen molar-refractivity contribution in [3.63, 3.8) is 0 Å². The van der Waals surface area contributed by atoms with Crippen molar-refractivity contribution in [2.75, 3.05) is 19.0 Å². The minimum absolute atomic E-state index is 0.0128. The lowest BCUT2D eigenvalue weighted by atomic mass is 9.85. The normalized spacial score (nSPS) is 11.1. The van der Waals surface area contributed by atoms with Gasteiger partial charge in [-0.25, -0.2) is 9.97 Å². The fourth-order valence-electron chi connectivity index (χ4n) is 1.76. The van der Waals surface area contributed by atoms with Gasteiger partial charge in [-0.2, -0.15) is 0 Å². The van der Waals surface area contributed by atoms with E-state index in [0.29, 0.717) is 5.88 Å². The lowest BCUT2D eigenvalue weighted by Gasteiger charge is -2.25. The Morgan fingerprint density at radius 1 is 1.21 bits per heavy atom. The number of hydrogen-bond donors (Lipinski definition) is 1. The molecule has 0 unspecified atom stereocenters. The number of hydrogen-bond acceptors (Lipinski definition) is 5. The Morgan fingerprint density at radius 2 is 1.95 bits per heavy atom. The highest BCUT2D eigenvalue weighted by atomic mass is 16.5. The van der Waals surface area contributed by atoms with Crippen molar-refractivity contribution in [2.24, 2.45) is 0 Å². The zero-order chi connectivity index (χ0) is 13.7. The smallest absolute Gasteiger partial charge is 0.218 e.